The van der Waals surface area contributed by atoms with E-state index in [0.29, 0.717) is 12.0 Å². The lowest BCUT2D eigenvalue weighted by molar-refractivity contribution is 0.267. The molecule has 4 nitrogen and oxygen atoms in total. The number of benzene rings is 1. The maximum atomic E-state index is 6.10. The molecule has 23 heavy (non-hydrogen) atoms. The van der Waals surface area contributed by atoms with Crippen molar-refractivity contribution in [3.05, 3.63) is 34.3 Å². The van der Waals surface area contributed by atoms with E-state index in [1.165, 1.54) is 42.3 Å². The monoisotopic (exact) mass is 378 g/mol. The Morgan fingerprint density at radius 3 is 2.91 bits per heavy atom. The molecule has 0 aromatic heterocycles. The van der Waals surface area contributed by atoms with Crippen molar-refractivity contribution in [2.45, 2.75) is 44.1 Å². The molecule has 126 valence electrons. The van der Waals surface area contributed by atoms with Crippen LogP contribution in [0.4, 0.5) is 0 Å². The molecular weight excluding hydrogens is 352 g/mol. The SMILES string of the molecule is CCN1CCCC1CNC(N)=NCC1(c2ccccc2Br)CC1. The molecule has 1 aromatic carbocycles. The highest BCUT2D eigenvalue weighted by Gasteiger charge is 2.45. The second-order valence-electron chi connectivity index (χ2n) is 6.77. The summed E-state index contributed by atoms with van der Waals surface area (Å²) in [5.41, 5.74) is 7.65. The van der Waals surface area contributed by atoms with Gasteiger partial charge in [-0.3, -0.25) is 9.89 Å². The van der Waals surface area contributed by atoms with Gasteiger partial charge in [0.2, 0.25) is 0 Å². The Morgan fingerprint density at radius 1 is 1.43 bits per heavy atom. The fourth-order valence-corrected chi connectivity index (χ4v) is 4.32. The second kappa shape index (κ2) is 7.22. The smallest absolute Gasteiger partial charge is 0.188 e. The van der Waals surface area contributed by atoms with Crippen molar-refractivity contribution < 1.29 is 0 Å². The van der Waals surface area contributed by atoms with Crippen LogP contribution < -0.4 is 11.1 Å². The molecule has 1 aromatic rings. The minimum Gasteiger partial charge on any atom is -0.370 e. The van der Waals surface area contributed by atoms with E-state index in [9.17, 15) is 0 Å². The number of hydrogen-bond acceptors (Lipinski definition) is 2. The van der Waals surface area contributed by atoms with Gasteiger partial charge in [-0.05, 0) is 50.4 Å². The van der Waals surface area contributed by atoms with Crippen LogP contribution in [-0.2, 0) is 5.41 Å². The third-order valence-electron chi connectivity index (χ3n) is 5.27. The minimum absolute atomic E-state index is 0.190. The summed E-state index contributed by atoms with van der Waals surface area (Å²) in [5.74, 6) is 0.589. The summed E-state index contributed by atoms with van der Waals surface area (Å²) in [6, 6.07) is 9.08. The van der Waals surface area contributed by atoms with Crippen LogP contribution in [0.25, 0.3) is 0 Å². The molecule has 3 N–H and O–H groups in total. The summed E-state index contributed by atoms with van der Waals surface area (Å²) in [6.45, 7) is 6.24. The van der Waals surface area contributed by atoms with Crippen LogP contribution in [-0.4, -0.2) is 43.1 Å². The van der Waals surface area contributed by atoms with Gasteiger partial charge in [-0.2, -0.15) is 0 Å². The topological polar surface area (TPSA) is 53.6 Å². The van der Waals surface area contributed by atoms with Gasteiger partial charge in [-0.1, -0.05) is 41.1 Å². The minimum atomic E-state index is 0.190. The molecule has 0 radical (unpaired) electrons. The number of halogens is 1. The Balaban J connectivity index is 1.54. The number of guanidine groups is 1. The normalized spacial score (nSPS) is 23.9. The molecule has 0 bridgehead atoms. The van der Waals surface area contributed by atoms with Gasteiger partial charge in [-0.25, -0.2) is 0 Å². The van der Waals surface area contributed by atoms with Crippen molar-refractivity contribution in [2.75, 3.05) is 26.2 Å². The van der Waals surface area contributed by atoms with Crippen LogP contribution >= 0.6 is 15.9 Å². The Morgan fingerprint density at radius 2 is 2.22 bits per heavy atom. The standard InChI is InChI=1S/C18H27BrN4/c1-2-23-11-5-6-14(23)12-21-17(20)22-13-18(9-10-18)15-7-3-4-8-16(15)19/h3-4,7-8,14H,2,5-6,9-13H2,1H3,(H3,20,21,22). The van der Waals surface area contributed by atoms with Gasteiger partial charge in [0.1, 0.15) is 0 Å². The van der Waals surface area contributed by atoms with E-state index in [4.69, 9.17) is 5.73 Å². The van der Waals surface area contributed by atoms with Crippen LogP contribution in [0.5, 0.6) is 0 Å². The van der Waals surface area contributed by atoms with Crippen molar-refractivity contribution in [3.63, 3.8) is 0 Å². The van der Waals surface area contributed by atoms with Crippen molar-refractivity contribution in [1.29, 1.82) is 0 Å². The first kappa shape index (κ1) is 16.8. The van der Waals surface area contributed by atoms with Crippen LogP contribution in [0, 0.1) is 0 Å². The maximum Gasteiger partial charge on any atom is 0.188 e. The van der Waals surface area contributed by atoms with Gasteiger partial charge in [-0.15, -0.1) is 0 Å². The molecule has 0 amide bonds. The molecule has 1 atom stereocenters. The number of hydrogen-bond donors (Lipinski definition) is 2. The molecule has 2 aliphatic rings. The summed E-state index contributed by atoms with van der Waals surface area (Å²) in [7, 11) is 0. The van der Waals surface area contributed by atoms with Crippen LogP contribution in [0.2, 0.25) is 0 Å². The van der Waals surface area contributed by atoms with Crippen molar-refractivity contribution >= 4 is 21.9 Å². The molecule has 1 aliphatic carbocycles. The molecule has 3 rings (SSSR count). The van der Waals surface area contributed by atoms with Gasteiger partial charge >= 0.3 is 0 Å². The molecule has 1 aliphatic heterocycles. The first-order valence-electron chi connectivity index (χ1n) is 8.67. The van der Waals surface area contributed by atoms with Crippen LogP contribution in [0.1, 0.15) is 38.2 Å². The molecule has 5 heteroatoms. The van der Waals surface area contributed by atoms with E-state index >= 15 is 0 Å². The highest BCUT2D eigenvalue weighted by molar-refractivity contribution is 9.10. The maximum absolute atomic E-state index is 6.10. The van der Waals surface area contributed by atoms with Gasteiger partial charge in [0.25, 0.3) is 0 Å². The average Bonchev–Trinajstić information content (AvgIpc) is 3.21. The molecule has 0 spiro atoms. The number of nitrogens with two attached hydrogens (primary N) is 1. The zero-order chi connectivity index (χ0) is 16.3. The summed E-state index contributed by atoms with van der Waals surface area (Å²) in [5, 5.41) is 3.33. The first-order chi connectivity index (χ1) is 11.1. The lowest BCUT2D eigenvalue weighted by atomic mass is 9.96. The number of nitrogens with one attached hydrogen (secondary N) is 1. The molecule has 1 saturated heterocycles. The van der Waals surface area contributed by atoms with E-state index in [0.717, 1.165) is 19.6 Å². The zero-order valence-corrected chi connectivity index (χ0v) is 15.5. The number of likely N-dealkylation sites (N-methyl/N-ethyl adjacent to an activating group) is 1. The van der Waals surface area contributed by atoms with E-state index in [1.54, 1.807) is 0 Å². The quantitative estimate of drug-likeness (QED) is 0.590. The van der Waals surface area contributed by atoms with Gasteiger partial charge in [0, 0.05) is 22.5 Å². The zero-order valence-electron chi connectivity index (χ0n) is 13.9. The highest BCUT2D eigenvalue weighted by atomic mass is 79.9. The Hall–Kier alpha value is -1.07. The van der Waals surface area contributed by atoms with Gasteiger partial charge < -0.3 is 11.1 Å². The average molecular weight is 379 g/mol. The Kier molecular flexibility index (Phi) is 5.27. The van der Waals surface area contributed by atoms with Gasteiger partial charge in [0.15, 0.2) is 5.96 Å². The van der Waals surface area contributed by atoms with Crippen LogP contribution in [0.3, 0.4) is 0 Å². The largest absolute Gasteiger partial charge is 0.370 e. The van der Waals surface area contributed by atoms with Crippen molar-refractivity contribution in [2.24, 2.45) is 10.7 Å². The van der Waals surface area contributed by atoms with Gasteiger partial charge in [0.05, 0.1) is 6.54 Å². The lowest BCUT2D eigenvalue weighted by Gasteiger charge is -2.23. The molecular formula is C18H27BrN4. The summed E-state index contributed by atoms with van der Waals surface area (Å²) < 4.78 is 1.18. The summed E-state index contributed by atoms with van der Waals surface area (Å²) in [4.78, 5) is 7.15. The number of aliphatic imine (C=N–C) groups is 1. The third-order valence-corrected chi connectivity index (χ3v) is 5.97. The fourth-order valence-electron chi connectivity index (χ4n) is 3.61. The third kappa shape index (κ3) is 3.89. The molecule has 2 fully saturated rings. The van der Waals surface area contributed by atoms with Crippen molar-refractivity contribution in [1.82, 2.24) is 10.2 Å². The molecule has 1 heterocycles. The number of rotatable bonds is 6. The van der Waals surface area contributed by atoms with Crippen molar-refractivity contribution in [3.8, 4) is 0 Å². The summed E-state index contributed by atoms with van der Waals surface area (Å²) in [6.07, 6.45) is 4.94. The van der Waals surface area contributed by atoms with Crippen LogP contribution in [0.15, 0.2) is 33.7 Å². The Labute approximate surface area is 147 Å². The predicted molar refractivity (Wildman–Crippen MR) is 99.8 cm³/mol. The van der Waals surface area contributed by atoms with E-state index in [1.807, 2.05) is 0 Å². The first-order valence-corrected chi connectivity index (χ1v) is 9.47. The van der Waals surface area contributed by atoms with E-state index in [2.05, 4.69) is 62.3 Å². The molecule has 1 unspecified atom stereocenters. The fraction of sp³-hybridized carbons (Fsp3) is 0.611. The number of nitrogens with zero attached hydrogens (tertiary/aromatic N) is 2. The molecule has 1 saturated carbocycles. The Bertz CT molecular complexity index is 568. The predicted octanol–water partition coefficient (Wildman–Crippen LogP) is 2.87. The summed E-state index contributed by atoms with van der Waals surface area (Å²) >= 11 is 3.67. The number of likely N-dealkylation sites (tertiary alicyclic amines) is 1. The van der Waals surface area contributed by atoms with E-state index in [-0.39, 0.29) is 5.41 Å². The van der Waals surface area contributed by atoms with E-state index < -0.39 is 0 Å². The second-order valence-corrected chi connectivity index (χ2v) is 7.62. The highest BCUT2D eigenvalue weighted by Crippen LogP contribution is 2.50. The lowest BCUT2D eigenvalue weighted by Crippen LogP contribution is -2.43.